The second kappa shape index (κ2) is 7.80. The summed E-state index contributed by atoms with van der Waals surface area (Å²) in [7, 11) is 3.42. The summed E-state index contributed by atoms with van der Waals surface area (Å²) in [4.78, 5) is 32.8. The van der Waals surface area contributed by atoms with Crippen LogP contribution in [0.15, 0.2) is 47.7 Å². The molecule has 162 valence electrons. The standard InChI is InChI=1S/C22H22N8O2/c1-4-13(20-23-8-5-9-24-20)25-19-17(22(31)28-16-11-30(2)29-18(16)19)21-26-14-7-6-12(32-3)10-15(14)27-21/h5-11,13,25H,4H2,1-3H3,(H,26,27)(H,28,31). The van der Waals surface area contributed by atoms with Gasteiger partial charge in [0.05, 0.1) is 35.4 Å². The molecule has 32 heavy (non-hydrogen) atoms. The summed E-state index contributed by atoms with van der Waals surface area (Å²) in [5, 5.41) is 8.05. The van der Waals surface area contributed by atoms with Crippen LogP contribution in [-0.2, 0) is 7.05 Å². The first kappa shape index (κ1) is 19.7. The van der Waals surface area contributed by atoms with E-state index in [-0.39, 0.29) is 11.6 Å². The summed E-state index contributed by atoms with van der Waals surface area (Å²) in [6.45, 7) is 2.03. The van der Waals surface area contributed by atoms with Crippen molar-refractivity contribution in [1.29, 1.82) is 0 Å². The zero-order valence-electron chi connectivity index (χ0n) is 17.9. The van der Waals surface area contributed by atoms with Crippen molar-refractivity contribution in [2.75, 3.05) is 12.4 Å². The van der Waals surface area contributed by atoms with Crippen molar-refractivity contribution in [1.82, 2.24) is 34.7 Å². The fourth-order valence-electron chi connectivity index (χ4n) is 3.80. The normalized spacial score (nSPS) is 12.3. The van der Waals surface area contributed by atoms with Gasteiger partial charge in [-0.1, -0.05) is 6.92 Å². The lowest BCUT2D eigenvalue weighted by molar-refractivity contribution is 0.415. The molecule has 4 aromatic heterocycles. The number of methoxy groups -OCH3 is 1. The molecule has 0 bridgehead atoms. The van der Waals surface area contributed by atoms with Crippen molar-refractivity contribution in [3.05, 3.63) is 59.0 Å². The molecule has 0 aliphatic carbocycles. The van der Waals surface area contributed by atoms with Gasteiger partial charge in [0.15, 0.2) is 0 Å². The van der Waals surface area contributed by atoms with Gasteiger partial charge in [0.25, 0.3) is 5.56 Å². The Labute approximate surface area is 182 Å². The summed E-state index contributed by atoms with van der Waals surface area (Å²) in [5.74, 6) is 1.78. The molecule has 0 saturated carbocycles. The summed E-state index contributed by atoms with van der Waals surface area (Å²) >= 11 is 0. The van der Waals surface area contributed by atoms with E-state index in [0.29, 0.717) is 46.1 Å². The highest BCUT2D eigenvalue weighted by atomic mass is 16.5. The van der Waals surface area contributed by atoms with E-state index in [4.69, 9.17) is 4.74 Å². The lowest BCUT2D eigenvalue weighted by Gasteiger charge is -2.18. The molecule has 1 unspecified atom stereocenters. The molecular formula is C22H22N8O2. The van der Waals surface area contributed by atoms with Gasteiger partial charge in [-0.15, -0.1) is 0 Å². The number of hydrogen-bond acceptors (Lipinski definition) is 7. The first-order valence-corrected chi connectivity index (χ1v) is 10.2. The van der Waals surface area contributed by atoms with E-state index >= 15 is 0 Å². The molecule has 0 fully saturated rings. The van der Waals surface area contributed by atoms with E-state index in [1.807, 2.05) is 32.2 Å². The quantitative estimate of drug-likeness (QED) is 0.378. The number of benzene rings is 1. The third kappa shape index (κ3) is 3.35. The van der Waals surface area contributed by atoms with E-state index in [1.54, 1.807) is 36.4 Å². The molecule has 0 aliphatic rings. The van der Waals surface area contributed by atoms with Crippen molar-refractivity contribution in [3.8, 4) is 17.1 Å². The molecule has 5 aromatic rings. The Hall–Kier alpha value is -4.21. The first-order chi connectivity index (χ1) is 15.6. The van der Waals surface area contributed by atoms with Gasteiger partial charge in [0, 0.05) is 31.7 Å². The van der Waals surface area contributed by atoms with Crippen molar-refractivity contribution in [2.45, 2.75) is 19.4 Å². The van der Waals surface area contributed by atoms with Gasteiger partial charge < -0.3 is 20.0 Å². The number of hydrogen-bond donors (Lipinski definition) is 3. The third-order valence-electron chi connectivity index (χ3n) is 5.34. The second-order valence-corrected chi connectivity index (χ2v) is 7.45. The number of nitrogens with zero attached hydrogens (tertiary/aromatic N) is 5. The van der Waals surface area contributed by atoms with Crippen LogP contribution in [0.3, 0.4) is 0 Å². The number of aryl methyl sites for hydroxylation is 1. The molecule has 10 nitrogen and oxygen atoms in total. The Morgan fingerprint density at radius 1 is 1.19 bits per heavy atom. The molecule has 5 rings (SSSR count). The topological polar surface area (TPSA) is 126 Å². The maximum atomic E-state index is 13.2. The highest BCUT2D eigenvalue weighted by molar-refractivity contribution is 5.96. The number of rotatable bonds is 6. The van der Waals surface area contributed by atoms with Crippen molar-refractivity contribution >= 4 is 27.8 Å². The largest absolute Gasteiger partial charge is 0.497 e. The molecule has 0 amide bonds. The van der Waals surface area contributed by atoms with Gasteiger partial charge in [-0.2, -0.15) is 5.10 Å². The van der Waals surface area contributed by atoms with E-state index in [9.17, 15) is 4.79 Å². The number of imidazole rings is 1. The Morgan fingerprint density at radius 2 is 2.00 bits per heavy atom. The van der Waals surface area contributed by atoms with Gasteiger partial charge >= 0.3 is 0 Å². The molecule has 0 saturated heterocycles. The van der Waals surface area contributed by atoms with Crippen molar-refractivity contribution < 1.29 is 4.74 Å². The molecule has 1 aromatic carbocycles. The highest BCUT2D eigenvalue weighted by Gasteiger charge is 2.23. The fourth-order valence-corrected chi connectivity index (χ4v) is 3.80. The van der Waals surface area contributed by atoms with Crippen LogP contribution >= 0.6 is 0 Å². The van der Waals surface area contributed by atoms with Crippen molar-refractivity contribution in [2.24, 2.45) is 7.05 Å². The second-order valence-electron chi connectivity index (χ2n) is 7.45. The van der Waals surface area contributed by atoms with Crippen LogP contribution < -0.4 is 15.6 Å². The van der Waals surface area contributed by atoms with E-state index in [2.05, 4.69) is 35.3 Å². The van der Waals surface area contributed by atoms with E-state index < -0.39 is 0 Å². The summed E-state index contributed by atoms with van der Waals surface area (Å²) in [5.41, 5.74) is 3.44. The minimum absolute atomic E-state index is 0.216. The number of aromatic amines is 2. The van der Waals surface area contributed by atoms with Gasteiger partial charge in [-0.05, 0) is 24.6 Å². The molecule has 3 N–H and O–H groups in total. The third-order valence-corrected chi connectivity index (χ3v) is 5.34. The monoisotopic (exact) mass is 430 g/mol. The Kier molecular flexibility index (Phi) is 4.81. The SMILES string of the molecule is CCC(Nc1c(-c2nc3ccc(OC)cc3[nH]2)c(=O)[nH]c2cn(C)nc12)c1ncccn1. The van der Waals surface area contributed by atoms with Gasteiger partial charge in [0.2, 0.25) is 0 Å². The van der Waals surface area contributed by atoms with Crippen molar-refractivity contribution in [3.63, 3.8) is 0 Å². The highest BCUT2D eigenvalue weighted by Crippen LogP contribution is 2.33. The zero-order chi connectivity index (χ0) is 22.2. The molecule has 0 radical (unpaired) electrons. The number of ether oxygens (including phenoxy) is 1. The van der Waals surface area contributed by atoms with Crippen LogP contribution in [0.1, 0.15) is 25.2 Å². The van der Waals surface area contributed by atoms with Crippen LogP contribution in [0.5, 0.6) is 5.75 Å². The van der Waals surface area contributed by atoms with Gasteiger partial charge in [-0.25, -0.2) is 15.0 Å². The van der Waals surface area contributed by atoms with Crippen LogP contribution in [0.25, 0.3) is 33.5 Å². The Bertz CT molecular complexity index is 1470. The lowest BCUT2D eigenvalue weighted by Crippen LogP contribution is -2.18. The molecule has 0 aliphatic heterocycles. The average molecular weight is 430 g/mol. The van der Waals surface area contributed by atoms with Crippen LogP contribution in [0.2, 0.25) is 0 Å². The number of nitrogens with one attached hydrogen (secondary N) is 3. The average Bonchev–Trinajstić information content (AvgIpc) is 3.39. The fraction of sp³-hybridized carbons (Fsp3) is 0.227. The molecule has 0 spiro atoms. The van der Waals surface area contributed by atoms with E-state index in [0.717, 1.165) is 11.0 Å². The minimum atomic E-state index is -0.275. The molecule has 1 atom stereocenters. The predicted octanol–water partition coefficient (Wildman–Crippen LogP) is 3.17. The number of fused-ring (bicyclic) bond motifs is 2. The smallest absolute Gasteiger partial charge is 0.261 e. The van der Waals surface area contributed by atoms with Crippen LogP contribution in [0, 0.1) is 0 Å². The van der Waals surface area contributed by atoms with E-state index in [1.165, 1.54) is 0 Å². The maximum absolute atomic E-state index is 13.2. The number of aromatic nitrogens is 7. The lowest BCUT2D eigenvalue weighted by atomic mass is 10.1. The maximum Gasteiger partial charge on any atom is 0.261 e. The summed E-state index contributed by atoms with van der Waals surface area (Å²) in [6, 6.07) is 7.08. The van der Waals surface area contributed by atoms with Gasteiger partial charge in [-0.3, -0.25) is 9.48 Å². The summed E-state index contributed by atoms with van der Waals surface area (Å²) < 4.78 is 6.97. The number of H-pyrrole nitrogens is 2. The van der Waals surface area contributed by atoms with Crippen LogP contribution in [0.4, 0.5) is 5.69 Å². The molecule has 10 heteroatoms. The minimum Gasteiger partial charge on any atom is -0.497 e. The zero-order valence-corrected chi connectivity index (χ0v) is 17.9. The van der Waals surface area contributed by atoms with Gasteiger partial charge in [0.1, 0.15) is 28.5 Å². The molecular weight excluding hydrogens is 408 g/mol. The predicted molar refractivity (Wildman–Crippen MR) is 122 cm³/mol. The Morgan fingerprint density at radius 3 is 2.75 bits per heavy atom. The molecule has 4 heterocycles. The summed E-state index contributed by atoms with van der Waals surface area (Å²) in [6.07, 6.45) is 5.89. The number of anilines is 1. The first-order valence-electron chi connectivity index (χ1n) is 10.2. The number of pyridine rings is 1. The van der Waals surface area contributed by atoms with Crippen LogP contribution in [-0.4, -0.2) is 41.8 Å². The Balaban J connectivity index is 1.72.